The van der Waals surface area contributed by atoms with E-state index in [4.69, 9.17) is 14.6 Å². The molecule has 6 nitrogen and oxygen atoms in total. The van der Waals surface area contributed by atoms with Crippen molar-refractivity contribution in [2.45, 2.75) is 90.3 Å². The summed E-state index contributed by atoms with van der Waals surface area (Å²) in [6.07, 6.45) is 6.80. The van der Waals surface area contributed by atoms with E-state index < -0.39 is 16.6 Å². The number of nitrogens with two attached hydrogens (primary N) is 1. The molecule has 0 bridgehead atoms. The van der Waals surface area contributed by atoms with Crippen molar-refractivity contribution in [2.24, 2.45) is 5.41 Å². The Morgan fingerprint density at radius 1 is 1.06 bits per heavy atom. The number of hydrogen-bond acceptors (Lipinski definition) is 5. The van der Waals surface area contributed by atoms with Crippen LogP contribution in [-0.4, -0.2) is 39.4 Å². The lowest BCUT2D eigenvalue weighted by molar-refractivity contribution is 0.0955. The van der Waals surface area contributed by atoms with Gasteiger partial charge in [0.2, 0.25) is 0 Å². The second-order valence-electron chi connectivity index (χ2n) is 12.1. The van der Waals surface area contributed by atoms with Gasteiger partial charge in [0.1, 0.15) is 5.82 Å². The Hall–Kier alpha value is -1.23. The van der Waals surface area contributed by atoms with Gasteiger partial charge in [-0.1, -0.05) is 53.7 Å². The monoisotopic (exact) mass is 465 g/mol. The molecule has 8 heteroatoms. The van der Waals surface area contributed by atoms with Gasteiger partial charge in [-0.05, 0) is 48.8 Å². The molecule has 0 fully saturated rings. The fourth-order valence-corrected chi connectivity index (χ4v) is 5.24. The first-order chi connectivity index (χ1) is 13.9. The van der Waals surface area contributed by atoms with Crippen LogP contribution in [0.5, 0.6) is 0 Å². The molecule has 1 aliphatic rings. The summed E-state index contributed by atoms with van der Waals surface area (Å²) in [4.78, 5) is 16.3. The molecule has 0 aliphatic heterocycles. The molecule has 1 aromatic rings. The molecule has 1 atom stereocenters. The van der Waals surface area contributed by atoms with Crippen molar-refractivity contribution in [1.29, 1.82) is 0 Å². The summed E-state index contributed by atoms with van der Waals surface area (Å²) in [5.41, 5.74) is 5.09. The number of aromatic nitrogens is 2. The molecule has 31 heavy (non-hydrogen) atoms. The van der Waals surface area contributed by atoms with E-state index in [0.717, 1.165) is 6.42 Å². The summed E-state index contributed by atoms with van der Waals surface area (Å²) >= 11 is 0. The highest BCUT2D eigenvalue weighted by Gasteiger charge is 2.45. The van der Waals surface area contributed by atoms with Gasteiger partial charge in [-0.2, -0.15) is 4.98 Å². The van der Waals surface area contributed by atoms with Gasteiger partial charge < -0.3 is 14.6 Å². The Morgan fingerprint density at radius 3 is 1.97 bits per heavy atom. The summed E-state index contributed by atoms with van der Waals surface area (Å²) in [5, 5.41) is 0.266. The Balaban J connectivity index is 2.29. The zero-order valence-corrected chi connectivity index (χ0v) is 23.2. The highest BCUT2D eigenvalue weighted by molar-refractivity contribution is 6.74. The van der Waals surface area contributed by atoms with Crippen LogP contribution in [0.1, 0.15) is 54.0 Å². The van der Waals surface area contributed by atoms with Gasteiger partial charge in [0.15, 0.2) is 16.6 Å². The van der Waals surface area contributed by atoms with Crippen LogP contribution >= 0.6 is 0 Å². The fraction of sp³-hybridized carbons (Fsp3) is 0.739. The standard InChI is InChI=1S/C23H43N3O3Si2/c1-21(2,3)30(7,8)28-16-23(17-29-31(9,10)22(4,5)6)13-11-18(15-23)26-14-12-19(24)25-20(26)27/h11-14,18H,15-17H2,1-10H3,(H2,24,25,27). The molecule has 176 valence electrons. The molecule has 1 aliphatic carbocycles. The van der Waals surface area contributed by atoms with Crippen molar-refractivity contribution in [3.63, 3.8) is 0 Å². The van der Waals surface area contributed by atoms with Gasteiger partial charge in [0.25, 0.3) is 0 Å². The van der Waals surface area contributed by atoms with Gasteiger partial charge in [-0.25, -0.2) is 4.79 Å². The van der Waals surface area contributed by atoms with Crippen LogP contribution in [0.15, 0.2) is 29.2 Å². The summed E-state index contributed by atoms with van der Waals surface area (Å²) in [7, 11) is -3.85. The van der Waals surface area contributed by atoms with E-state index in [1.165, 1.54) is 0 Å². The van der Waals surface area contributed by atoms with Crippen LogP contribution < -0.4 is 11.4 Å². The van der Waals surface area contributed by atoms with Crippen molar-refractivity contribution < 1.29 is 8.85 Å². The van der Waals surface area contributed by atoms with E-state index >= 15 is 0 Å². The second kappa shape index (κ2) is 8.61. The number of rotatable bonds is 7. The molecular weight excluding hydrogens is 422 g/mol. The van der Waals surface area contributed by atoms with Gasteiger partial charge in [0.05, 0.1) is 6.04 Å². The number of anilines is 1. The zero-order valence-electron chi connectivity index (χ0n) is 21.2. The summed E-state index contributed by atoms with van der Waals surface area (Å²) < 4.78 is 15.0. The number of hydrogen-bond donors (Lipinski definition) is 1. The van der Waals surface area contributed by atoms with E-state index in [1.807, 2.05) is 0 Å². The van der Waals surface area contributed by atoms with Gasteiger partial charge in [-0.15, -0.1) is 0 Å². The minimum absolute atomic E-state index is 0.0772. The molecule has 0 aromatic carbocycles. The van der Waals surface area contributed by atoms with E-state index in [0.29, 0.717) is 13.2 Å². The second-order valence-corrected chi connectivity index (χ2v) is 21.8. The van der Waals surface area contributed by atoms with Crippen molar-refractivity contribution in [2.75, 3.05) is 18.9 Å². The quantitative estimate of drug-likeness (QED) is 0.433. The molecule has 1 heterocycles. The average Bonchev–Trinajstić information content (AvgIpc) is 3.01. The zero-order chi connectivity index (χ0) is 23.9. The smallest absolute Gasteiger partial charge is 0.350 e. The van der Waals surface area contributed by atoms with E-state index in [-0.39, 0.29) is 33.0 Å². The van der Waals surface area contributed by atoms with Gasteiger partial charge in [0, 0.05) is 24.8 Å². The summed E-state index contributed by atoms with van der Waals surface area (Å²) in [5.74, 6) is 0.247. The van der Waals surface area contributed by atoms with Crippen LogP contribution in [0.4, 0.5) is 5.82 Å². The SMILES string of the molecule is CC(C)(C)[Si](C)(C)OCC1(CO[Si](C)(C)C(C)(C)C)C=CC(n2ccc(N)nc2=O)C1. The van der Waals surface area contributed by atoms with Crippen LogP contribution in [0.3, 0.4) is 0 Å². The highest BCUT2D eigenvalue weighted by Crippen LogP contribution is 2.44. The third-order valence-corrected chi connectivity index (χ3v) is 16.5. The molecule has 0 amide bonds. The maximum absolute atomic E-state index is 12.4. The van der Waals surface area contributed by atoms with Crippen LogP contribution in [-0.2, 0) is 8.85 Å². The Bertz CT molecular complexity index is 834. The van der Waals surface area contributed by atoms with E-state index in [9.17, 15) is 4.79 Å². The normalized spacial score (nSPS) is 19.7. The molecule has 0 saturated heterocycles. The molecule has 1 aromatic heterocycles. The highest BCUT2D eigenvalue weighted by atomic mass is 28.4. The lowest BCUT2D eigenvalue weighted by Crippen LogP contribution is -2.47. The first-order valence-electron chi connectivity index (χ1n) is 11.2. The molecule has 0 spiro atoms. The maximum Gasteiger partial charge on any atom is 0.350 e. The Labute approximate surface area is 190 Å². The van der Waals surface area contributed by atoms with Crippen LogP contribution in [0.25, 0.3) is 0 Å². The molecule has 2 N–H and O–H groups in total. The van der Waals surface area contributed by atoms with E-state index in [2.05, 4.69) is 84.9 Å². The lowest BCUT2D eigenvalue weighted by atomic mass is 9.89. The topological polar surface area (TPSA) is 79.4 Å². The fourth-order valence-electron chi connectivity index (χ4n) is 3.07. The van der Waals surface area contributed by atoms with Crippen molar-refractivity contribution in [3.8, 4) is 0 Å². The van der Waals surface area contributed by atoms with Gasteiger partial charge >= 0.3 is 5.69 Å². The van der Waals surface area contributed by atoms with Crippen molar-refractivity contribution >= 4 is 22.5 Å². The molecular formula is C23H43N3O3Si2. The number of allylic oxidation sites excluding steroid dienone is 1. The molecule has 2 rings (SSSR count). The molecule has 0 saturated carbocycles. The average molecular weight is 466 g/mol. The minimum atomic E-state index is -1.93. The van der Waals surface area contributed by atoms with Crippen LogP contribution in [0.2, 0.25) is 36.3 Å². The predicted molar refractivity (Wildman–Crippen MR) is 134 cm³/mol. The third-order valence-electron chi connectivity index (χ3n) is 7.55. The van der Waals surface area contributed by atoms with Crippen LogP contribution in [0, 0.1) is 5.41 Å². The molecule has 1 unspecified atom stereocenters. The lowest BCUT2D eigenvalue weighted by Gasteiger charge is -2.42. The number of nitrogen functional groups attached to an aromatic ring is 1. The van der Waals surface area contributed by atoms with Gasteiger partial charge in [-0.3, -0.25) is 4.57 Å². The molecule has 0 radical (unpaired) electrons. The van der Waals surface area contributed by atoms with Crippen molar-refractivity contribution in [1.82, 2.24) is 9.55 Å². The first kappa shape index (κ1) is 26.0. The Morgan fingerprint density at radius 2 is 1.55 bits per heavy atom. The maximum atomic E-state index is 12.4. The summed E-state index contributed by atoms with van der Waals surface area (Å²) in [6, 6.07) is 1.60. The largest absolute Gasteiger partial charge is 0.416 e. The van der Waals surface area contributed by atoms with E-state index in [1.54, 1.807) is 16.8 Å². The minimum Gasteiger partial charge on any atom is -0.416 e. The third kappa shape index (κ3) is 5.97. The first-order valence-corrected chi connectivity index (χ1v) is 17.0. The Kier molecular flexibility index (Phi) is 7.23. The predicted octanol–water partition coefficient (Wildman–Crippen LogP) is 5.36. The summed E-state index contributed by atoms with van der Waals surface area (Å²) in [6.45, 7) is 23.8. The van der Waals surface area contributed by atoms with Crippen molar-refractivity contribution in [3.05, 3.63) is 34.9 Å². The number of nitrogens with zero attached hydrogens (tertiary/aromatic N) is 2.